The molecule has 0 bridgehead atoms. The number of aromatic nitrogens is 2. The van der Waals surface area contributed by atoms with Gasteiger partial charge in [0.15, 0.2) is 0 Å². The number of anilines is 2. The molecule has 1 amide bonds. The second-order valence-corrected chi connectivity index (χ2v) is 5.02. The highest BCUT2D eigenvalue weighted by Crippen LogP contribution is 2.12. The summed E-state index contributed by atoms with van der Waals surface area (Å²) in [6.07, 6.45) is 3.00. The first-order valence-corrected chi connectivity index (χ1v) is 6.71. The molecular formula is C13H13BrN4O2. The molecule has 0 fully saturated rings. The van der Waals surface area contributed by atoms with Gasteiger partial charge >= 0.3 is 0 Å². The standard InChI is InChI=1S/C13H13BrN4O2/c14-11-7-16-8-18(13(11)20)5-4-12(19)17-10-3-1-2-9(15)6-10/h1-3,6-8H,4-5,15H2,(H,17,19). The maximum atomic E-state index is 11.8. The lowest BCUT2D eigenvalue weighted by atomic mass is 10.2. The van der Waals surface area contributed by atoms with E-state index in [0.29, 0.717) is 15.8 Å². The van der Waals surface area contributed by atoms with Gasteiger partial charge in [-0.1, -0.05) is 6.07 Å². The smallest absolute Gasteiger partial charge is 0.267 e. The van der Waals surface area contributed by atoms with Gasteiger partial charge in [-0.3, -0.25) is 14.2 Å². The summed E-state index contributed by atoms with van der Waals surface area (Å²) in [5.74, 6) is -0.192. The highest BCUT2D eigenvalue weighted by atomic mass is 79.9. The normalized spacial score (nSPS) is 10.2. The number of nitrogens with zero attached hydrogens (tertiary/aromatic N) is 2. The molecular weight excluding hydrogens is 324 g/mol. The average molecular weight is 337 g/mol. The Bertz CT molecular complexity index is 684. The third-order valence-corrected chi connectivity index (χ3v) is 3.15. The molecule has 0 saturated carbocycles. The van der Waals surface area contributed by atoms with Crippen LogP contribution in [-0.2, 0) is 11.3 Å². The third kappa shape index (κ3) is 3.67. The summed E-state index contributed by atoms with van der Waals surface area (Å²) >= 11 is 3.10. The van der Waals surface area contributed by atoms with E-state index in [1.165, 1.54) is 17.1 Å². The maximum absolute atomic E-state index is 11.8. The van der Waals surface area contributed by atoms with Crippen LogP contribution in [0.1, 0.15) is 6.42 Å². The Morgan fingerprint density at radius 3 is 3.00 bits per heavy atom. The van der Waals surface area contributed by atoms with Gasteiger partial charge in [0.25, 0.3) is 5.56 Å². The summed E-state index contributed by atoms with van der Waals surface area (Å²) in [6, 6.07) is 6.92. The topological polar surface area (TPSA) is 90.0 Å². The van der Waals surface area contributed by atoms with Crippen molar-refractivity contribution in [3.8, 4) is 0 Å². The predicted molar refractivity (Wildman–Crippen MR) is 80.3 cm³/mol. The van der Waals surface area contributed by atoms with Gasteiger partial charge in [0.1, 0.15) is 4.47 Å². The van der Waals surface area contributed by atoms with Crippen molar-refractivity contribution in [3.63, 3.8) is 0 Å². The fourth-order valence-electron chi connectivity index (χ4n) is 1.65. The molecule has 20 heavy (non-hydrogen) atoms. The Morgan fingerprint density at radius 2 is 2.25 bits per heavy atom. The lowest BCUT2D eigenvalue weighted by Crippen LogP contribution is -2.23. The molecule has 1 aromatic heterocycles. The van der Waals surface area contributed by atoms with Crippen LogP contribution in [0.25, 0.3) is 0 Å². The van der Waals surface area contributed by atoms with Crippen molar-refractivity contribution in [2.45, 2.75) is 13.0 Å². The molecule has 2 aromatic rings. The van der Waals surface area contributed by atoms with Gasteiger partial charge in [-0.2, -0.15) is 0 Å². The van der Waals surface area contributed by atoms with E-state index < -0.39 is 0 Å². The molecule has 6 nitrogen and oxygen atoms in total. The van der Waals surface area contributed by atoms with Crippen LogP contribution in [0.2, 0.25) is 0 Å². The summed E-state index contributed by atoms with van der Waals surface area (Å²) < 4.78 is 1.75. The van der Waals surface area contributed by atoms with Crippen LogP contribution in [0.4, 0.5) is 11.4 Å². The zero-order valence-electron chi connectivity index (χ0n) is 10.5. The van der Waals surface area contributed by atoms with E-state index in [0.717, 1.165) is 0 Å². The lowest BCUT2D eigenvalue weighted by Gasteiger charge is -2.07. The maximum Gasteiger partial charge on any atom is 0.267 e. The minimum atomic E-state index is -0.211. The van der Waals surface area contributed by atoms with Crippen molar-refractivity contribution in [2.24, 2.45) is 0 Å². The summed E-state index contributed by atoms with van der Waals surface area (Å²) in [6.45, 7) is 0.263. The monoisotopic (exact) mass is 336 g/mol. The van der Waals surface area contributed by atoms with Gasteiger partial charge in [0.05, 0.1) is 6.33 Å². The van der Waals surface area contributed by atoms with E-state index in [9.17, 15) is 9.59 Å². The molecule has 1 aromatic carbocycles. The number of nitrogen functional groups attached to an aromatic ring is 1. The quantitative estimate of drug-likeness (QED) is 0.830. The van der Waals surface area contributed by atoms with Crippen LogP contribution in [0.3, 0.4) is 0 Å². The third-order valence-electron chi connectivity index (χ3n) is 2.61. The fourth-order valence-corrected chi connectivity index (χ4v) is 1.99. The Balaban J connectivity index is 1.96. The number of benzene rings is 1. The number of hydrogen-bond donors (Lipinski definition) is 2. The van der Waals surface area contributed by atoms with E-state index in [2.05, 4.69) is 26.2 Å². The number of halogens is 1. The first-order chi connectivity index (χ1) is 9.56. The first-order valence-electron chi connectivity index (χ1n) is 5.91. The number of aryl methyl sites for hydroxylation is 1. The van der Waals surface area contributed by atoms with Crippen molar-refractivity contribution >= 4 is 33.2 Å². The minimum absolute atomic E-state index is 0.173. The van der Waals surface area contributed by atoms with Gasteiger partial charge in [-0.05, 0) is 34.1 Å². The van der Waals surface area contributed by atoms with Crippen molar-refractivity contribution in [1.29, 1.82) is 0 Å². The van der Waals surface area contributed by atoms with E-state index in [1.807, 2.05) is 0 Å². The minimum Gasteiger partial charge on any atom is -0.399 e. The molecule has 7 heteroatoms. The average Bonchev–Trinajstić information content (AvgIpc) is 2.40. The molecule has 3 N–H and O–H groups in total. The Kier molecular flexibility index (Phi) is 4.52. The predicted octanol–water partition coefficient (Wildman–Crippen LogP) is 1.62. The van der Waals surface area contributed by atoms with Crippen molar-refractivity contribution in [1.82, 2.24) is 9.55 Å². The number of nitrogens with one attached hydrogen (secondary N) is 1. The SMILES string of the molecule is Nc1cccc(NC(=O)CCn2cncc(Br)c2=O)c1. The fraction of sp³-hybridized carbons (Fsp3) is 0.154. The lowest BCUT2D eigenvalue weighted by molar-refractivity contribution is -0.116. The molecule has 2 rings (SSSR count). The Morgan fingerprint density at radius 1 is 1.45 bits per heavy atom. The molecule has 0 unspecified atom stereocenters. The van der Waals surface area contributed by atoms with Crippen molar-refractivity contribution < 1.29 is 4.79 Å². The van der Waals surface area contributed by atoms with Gasteiger partial charge in [0, 0.05) is 30.5 Å². The zero-order valence-corrected chi connectivity index (χ0v) is 12.1. The zero-order chi connectivity index (χ0) is 14.5. The molecule has 0 spiro atoms. The number of hydrogen-bond acceptors (Lipinski definition) is 4. The van der Waals surface area contributed by atoms with Gasteiger partial charge < -0.3 is 11.1 Å². The Labute approximate surface area is 123 Å². The number of amides is 1. The summed E-state index contributed by atoms with van der Waals surface area (Å²) in [5.41, 5.74) is 6.63. The summed E-state index contributed by atoms with van der Waals surface area (Å²) in [7, 11) is 0. The van der Waals surface area contributed by atoms with E-state index in [4.69, 9.17) is 5.73 Å². The molecule has 0 aliphatic rings. The van der Waals surface area contributed by atoms with Crippen LogP contribution in [-0.4, -0.2) is 15.5 Å². The van der Waals surface area contributed by atoms with E-state index in [1.54, 1.807) is 24.3 Å². The van der Waals surface area contributed by atoms with Gasteiger partial charge in [-0.25, -0.2) is 4.98 Å². The molecule has 0 saturated heterocycles. The number of carbonyl (C=O) groups is 1. The molecule has 0 aliphatic carbocycles. The van der Waals surface area contributed by atoms with Crippen LogP contribution < -0.4 is 16.6 Å². The van der Waals surface area contributed by atoms with Crippen LogP contribution in [0.15, 0.2) is 46.1 Å². The Hall–Kier alpha value is -2.15. The number of carbonyl (C=O) groups excluding carboxylic acids is 1. The number of rotatable bonds is 4. The highest BCUT2D eigenvalue weighted by molar-refractivity contribution is 9.10. The summed E-state index contributed by atoms with van der Waals surface area (Å²) in [5, 5.41) is 2.72. The number of nitrogens with two attached hydrogens (primary N) is 1. The van der Waals surface area contributed by atoms with E-state index in [-0.39, 0.29) is 24.4 Å². The molecule has 0 aliphatic heterocycles. The molecule has 1 heterocycles. The van der Waals surface area contributed by atoms with Crippen LogP contribution >= 0.6 is 15.9 Å². The first kappa shape index (κ1) is 14.3. The van der Waals surface area contributed by atoms with E-state index >= 15 is 0 Å². The van der Waals surface area contributed by atoms with Gasteiger partial charge in [-0.15, -0.1) is 0 Å². The second-order valence-electron chi connectivity index (χ2n) is 4.16. The second kappa shape index (κ2) is 6.33. The van der Waals surface area contributed by atoms with Crippen LogP contribution in [0.5, 0.6) is 0 Å². The molecule has 0 radical (unpaired) electrons. The molecule has 104 valence electrons. The largest absolute Gasteiger partial charge is 0.399 e. The van der Waals surface area contributed by atoms with Crippen molar-refractivity contribution in [2.75, 3.05) is 11.1 Å². The highest BCUT2D eigenvalue weighted by Gasteiger charge is 2.05. The van der Waals surface area contributed by atoms with Crippen molar-refractivity contribution in [3.05, 3.63) is 51.6 Å². The molecule has 0 atom stereocenters. The van der Waals surface area contributed by atoms with Gasteiger partial charge in [0.2, 0.25) is 5.91 Å². The summed E-state index contributed by atoms with van der Waals surface area (Å²) in [4.78, 5) is 27.4. The van der Waals surface area contributed by atoms with Crippen LogP contribution in [0, 0.1) is 0 Å².